The Morgan fingerprint density at radius 2 is 1.18 bits per heavy atom. The van der Waals surface area contributed by atoms with E-state index in [1.165, 1.54) is 128 Å². The summed E-state index contributed by atoms with van der Waals surface area (Å²) < 4.78 is 0. The van der Waals surface area contributed by atoms with E-state index in [0.717, 1.165) is 5.92 Å². The first kappa shape index (κ1) is 45.8. The van der Waals surface area contributed by atoms with Crippen LogP contribution in [0.2, 0.25) is 0 Å². The fourth-order valence-electron chi connectivity index (χ4n) is 7.08. The molecule has 0 aromatic heterocycles. The summed E-state index contributed by atoms with van der Waals surface area (Å²) in [5.74, 6) is 2.00. The monoisotopic (exact) mass is 796 g/mol. The van der Waals surface area contributed by atoms with Gasteiger partial charge in [-0.2, -0.15) is 12.1 Å². The van der Waals surface area contributed by atoms with Crippen molar-refractivity contribution in [3.63, 3.8) is 0 Å². The first-order valence-corrected chi connectivity index (χ1v) is 21.4. The fraction of sp³-hybridized carbons (Fsp3) is 0.304. The third-order valence-electron chi connectivity index (χ3n) is 10.0. The molecule has 0 spiro atoms. The summed E-state index contributed by atoms with van der Waals surface area (Å²) in [5, 5.41) is 5.48. The molecule has 0 saturated heterocycles. The average molecular weight is 799 g/mol. The van der Waals surface area contributed by atoms with Crippen LogP contribution in [-0.2, 0) is 23.3 Å². The van der Waals surface area contributed by atoms with Crippen molar-refractivity contribution in [3.05, 3.63) is 146 Å². The van der Waals surface area contributed by atoms with Gasteiger partial charge in [-0.05, 0) is 52.8 Å². The van der Waals surface area contributed by atoms with Crippen LogP contribution in [0.3, 0.4) is 0 Å². The van der Waals surface area contributed by atoms with Crippen LogP contribution in [0.25, 0.3) is 43.8 Å². The molecule has 1 unspecified atom stereocenters. The van der Waals surface area contributed by atoms with Crippen LogP contribution >= 0.6 is 24.8 Å². The number of fused-ring (bicyclic) bond motifs is 2. The van der Waals surface area contributed by atoms with E-state index in [1.807, 2.05) is 0 Å². The Balaban J connectivity index is 0.000000443. The van der Waals surface area contributed by atoms with E-state index in [9.17, 15) is 0 Å². The van der Waals surface area contributed by atoms with Crippen LogP contribution in [0.4, 0.5) is 0 Å². The van der Waals surface area contributed by atoms with Crippen LogP contribution in [-0.4, -0.2) is 6.88 Å². The standard InChI is InChI=1S/C22H23.C22H25.2CH3.2ClH.Si.Zr/c1-16-14-20-8-5-9-21(22(20)15-16)19-12-10-18(11-13-19)17-6-3-2-4-7-17;1-5-16(4)20-13-19-7-6-8-21(22(19)14-20)18-11-9-17(10-12-18)15(2)3;;;;;;/h5,8-15,17H,2-4,6-7H2,1H3;6-16H,5H2,1-4H3;2*1H3;2*1H;;/q4*-1;;;;. The van der Waals surface area contributed by atoms with Crippen LogP contribution < -0.4 is 0 Å². The minimum absolute atomic E-state index is 0. The van der Waals surface area contributed by atoms with Gasteiger partial charge in [0.2, 0.25) is 0 Å². The summed E-state index contributed by atoms with van der Waals surface area (Å²) in [5.41, 5.74) is 11.1. The van der Waals surface area contributed by atoms with Gasteiger partial charge in [0.25, 0.3) is 0 Å². The van der Waals surface area contributed by atoms with Crippen LogP contribution in [0.1, 0.15) is 106 Å². The first-order valence-electron chi connectivity index (χ1n) is 17.2. The summed E-state index contributed by atoms with van der Waals surface area (Å²) in [7, 11) is 0. The molecule has 1 saturated carbocycles. The van der Waals surface area contributed by atoms with Gasteiger partial charge in [-0.3, -0.25) is 0 Å². The molecule has 6 aromatic carbocycles. The molecule has 2 radical (unpaired) electrons. The predicted molar refractivity (Wildman–Crippen MR) is 226 cm³/mol. The van der Waals surface area contributed by atoms with Gasteiger partial charge in [-0.15, -0.1) is 93.9 Å². The van der Waals surface area contributed by atoms with E-state index in [4.69, 9.17) is 0 Å². The van der Waals surface area contributed by atoms with Gasteiger partial charge in [-0.25, -0.2) is 0 Å². The normalized spacial score (nSPS) is 12.9. The van der Waals surface area contributed by atoms with Gasteiger partial charge in [-0.1, -0.05) is 132 Å². The summed E-state index contributed by atoms with van der Waals surface area (Å²) in [6, 6.07) is 41.0. The third-order valence-corrected chi connectivity index (χ3v) is 10.0. The molecule has 0 amide bonds. The molecule has 266 valence electrons. The van der Waals surface area contributed by atoms with Gasteiger partial charge >= 0.3 is 30.2 Å². The van der Waals surface area contributed by atoms with Crippen molar-refractivity contribution in [1.29, 1.82) is 0 Å². The second-order valence-electron chi connectivity index (χ2n) is 13.5. The number of rotatable bonds is 6. The zero-order valence-corrected chi connectivity index (χ0v) is 36.3. The van der Waals surface area contributed by atoms with Crippen molar-refractivity contribution in [2.45, 2.75) is 90.9 Å². The molecule has 0 N–H and O–H groups in total. The Hall–Kier alpha value is -2.22. The zero-order valence-electron chi connectivity index (χ0n) is 31.2. The van der Waals surface area contributed by atoms with E-state index in [0.29, 0.717) is 11.8 Å². The summed E-state index contributed by atoms with van der Waals surface area (Å²) in [6.07, 6.45) is 8.16. The minimum atomic E-state index is 0. The Morgan fingerprint density at radius 1 is 0.680 bits per heavy atom. The molecular weight excluding hydrogens is 743 g/mol. The van der Waals surface area contributed by atoms with Crippen molar-refractivity contribution < 1.29 is 23.3 Å². The van der Waals surface area contributed by atoms with Gasteiger partial charge in [0, 0.05) is 0 Å². The zero-order chi connectivity index (χ0) is 32.6. The number of benzene rings is 4. The fourth-order valence-corrected chi connectivity index (χ4v) is 7.08. The molecule has 4 heteroatoms. The topological polar surface area (TPSA) is 0 Å². The average Bonchev–Trinajstić information content (AvgIpc) is 3.73. The molecule has 0 heterocycles. The first-order chi connectivity index (χ1) is 22.4. The maximum atomic E-state index is 3.06. The van der Waals surface area contributed by atoms with E-state index in [-0.39, 0.29) is 39.7 Å². The molecule has 1 fully saturated rings. The number of aryl methyl sites for hydroxylation is 1. The Kier molecular flexibility index (Phi) is 20.1. The molecule has 50 heavy (non-hydrogen) atoms. The molecule has 1 aliphatic rings. The molecule has 7 rings (SSSR count). The number of halogens is 2. The second-order valence-corrected chi connectivity index (χ2v) is 13.5. The van der Waals surface area contributed by atoms with E-state index in [1.54, 1.807) is 0 Å². The van der Waals surface area contributed by atoms with Gasteiger partial charge in [0.15, 0.2) is 0 Å². The predicted octanol–water partition coefficient (Wildman–Crippen LogP) is 14.8. The molecule has 1 aliphatic carbocycles. The van der Waals surface area contributed by atoms with E-state index in [2.05, 4.69) is 151 Å². The second kappa shape index (κ2) is 22.0. The molecular formula is C46H56Cl2SiZr-4. The van der Waals surface area contributed by atoms with Crippen LogP contribution in [0.15, 0.2) is 109 Å². The van der Waals surface area contributed by atoms with Crippen molar-refractivity contribution >= 4 is 53.2 Å². The Morgan fingerprint density at radius 3 is 1.70 bits per heavy atom. The Labute approximate surface area is 333 Å². The van der Waals surface area contributed by atoms with Crippen LogP contribution in [0.5, 0.6) is 0 Å². The van der Waals surface area contributed by atoms with Gasteiger partial charge < -0.3 is 14.9 Å². The Bertz CT molecular complexity index is 1840. The quantitative estimate of drug-likeness (QED) is 0.116. The molecule has 6 aromatic rings. The van der Waals surface area contributed by atoms with Gasteiger partial charge in [0.1, 0.15) is 0 Å². The summed E-state index contributed by atoms with van der Waals surface area (Å²) >= 11 is 1.36. The molecule has 1 atom stereocenters. The third kappa shape index (κ3) is 10.9. The maximum absolute atomic E-state index is 3.06. The molecule has 0 nitrogen and oxygen atoms in total. The SMILES string of the molecule is CCC(C)c1cc2c(-c3ccc(C(C)C)cc3)cccc2[cH-]1.Cc1cc2c(-c3ccc(C4CCCCC4)cc3)cccc2[cH-]1.Cl.Cl.[CH3-].[CH3-].[Si]=[Zr]. The van der Waals surface area contributed by atoms with Crippen LogP contribution in [0, 0.1) is 21.8 Å². The van der Waals surface area contributed by atoms with Gasteiger partial charge in [0.05, 0.1) is 0 Å². The number of hydrogen-bond acceptors (Lipinski definition) is 0. The van der Waals surface area contributed by atoms with Crippen molar-refractivity contribution in [3.8, 4) is 22.3 Å². The molecule has 0 aliphatic heterocycles. The summed E-state index contributed by atoms with van der Waals surface area (Å²) in [4.78, 5) is 0. The number of hydrogen-bond donors (Lipinski definition) is 0. The summed E-state index contributed by atoms with van der Waals surface area (Å²) in [6.45, 7) is 14.3. The van der Waals surface area contributed by atoms with Crippen molar-refractivity contribution in [2.75, 3.05) is 0 Å². The van der Waals surface area contributed by atoms with E-state index < -0.39 is 0 Å². The van der Waals surface area contributed by atoms with Crippen molar-refractivity contribution in [1.82, 2.24) is 0 Å². The molecule has 0 bridgehead atoms. The van der Waals surface area contributed by atoms with Crippen molar-refractivity contribution in [2.24, 2.45) is 0 Å². The van der Waals surface area contributed by atoms with E-state index >= 15 is 0 Å².